The molecule has 2 aliphatic rings. The fourth-order valence-corrected chi connectivity index (χ4v) is 4.13. The Morgan fingerprint density at radius 1 is 1.00 bits per heavy atom. The van der Waals surface area contributed by atoms with Crippen LogP contribution < -0.4 is 0 Å². The van der Waals surface area contributed by atoms with E-state index in [1.807, 2.05) is 34.1 Å². The van der Waals surface area contributed by atoms with E-state index in [1.165, 1.54) is 6.42 Å². The highest BCUT2D eigenvalue weighted by molar-refractivity contribution is 9.10. The SMILES string of the molecule is O=C(Cc1cccc(Br)c1)N1CCC(C(=O)N2CCCCC2)CC1. The number of carbonyl (C=O) groups is 2. The van der Waals surface area contributed by atoms with E-state index in [9.17, 15) is 9.59 Å². The highest BCUT2D eigenvalue weighted by Crippen LogP contribution is 2.22. The van der Waals surface area contributed by atoms with Gasteiger partial charge < -0.3 is 9.80 Å². The molecule has 2 fully saturated rings. The fourth-order valence-electron chi connectivity index (χ4n) is 3.68. The van der Waals surface area contributed by atoms with Crippen LogP contribution in [0.2, 0.25) is 0 Å². The third-order valence-corrected chi connectivity index (χ3v) is 5.60. The van der Waals surface area contributed by atoms with Crippen molar-refractivity contribution in [1.82, 2.24) is 9.80 Å². The standard InChI is InChI=1S/C19H25BrN2O2/c20-17-6-4-5-15(13-17)14-18(23)21-11-7-16(8-12-21)19(24)22-9-2-1-3-10-22/h4-6,13,16H,1-3,7-12,14H2. The Bertz CT molecular complexity index is 591. The van der Waals surface area contributed by atoms with Crippen molar-refractivity contribution < 1.29 is 9.59 Å². The highest BCUT2D eigenvalue weighted by atomic mass is 79.9. The van der Waals surface area contributed by atoms with Gasteiger partial charge in [0.1, 0.15) is 0 Å². The highest BCUT2D eigenvalue weighted by Gasteiger charge is 2.30. The second-order valence-electron chi connectivity index (χ2n) is 6.85. The zero-order valence-corrected chi connectivity index (χ0v) is 15.6. The number of likely N-dealkylation sites (tertiary alicyclic amines) is 2. The summed E-state index contributed by atoms with van der Waals surface area (Å²) >= 11 is 3.44. The minimum absolute atomic E-state index is 0.109. The molecule has 5 heteroatoms. The van der Waals surface area contributed by atoms with E-state index in [1.54, 1.807) is 0 Å². The summed E-state index contributed by atoms with van der Waals surface area (Å²) in [6.45, 7) is 3.25. The first-order chi connectivity index (χ1) is 11.6. The molecule has 0 unspecified atom stereocenters. The molecule has 2 heterocycles. The van der Waals surface area contributed by atoms with Crippen molar-refractivity contribution in [3.8, 4) is 0 Å². The van der Waals surface area contributed by atoms with Crippen molar-refractivity contribution in [3.05, 3.63) is 34.3 Å². The lowest BCUT2D eigenvalue weighted by molar-refractivity contribution is -0.141. The van der Waals surface area contributed by atoms with E-state index in [2.05, 4.69) is 15.9 Å². The fraction of sp³-hybridized carbons (Fsp3) is 0.579. The molecule has 24 heavy (non-hydrogen) atoms. The molecule has 0 aromatic heterocycles. The van der Waals surface area contributed by atoms with Crippen molar-refractivity contribution >= 4 is 27.7 Å². The number of halogens is 1. The van der Waals surface area contributed by atoms with Crippen LogP contribution in [0.4, 0.5) is 0 Å². The van der Waals surface area contributed by atoms with Gasteiger partial charge in [0.25, 0.3) is 0 Å². The molecule has 1 aromatic carbocycles. The van der Waals surface area contributed by atoms with Gasteiger partial charge in [0, 0.05) is 36.6 Å². The molecule has 0 spiro atoms. The Hall–Kier alpha value is -1.36. The summed E-state index contributed by atoms with van der Waals surface area (Å²) in [5, 5.41) is 0. The second kappa shape index (κ2) is 8.15. The average Bonchev–Trinajstić information content (AvgIpc) is 2.62. The Morgan fingerprint density at radius 3 is 2.38 bits per heavy atom. The molecule has 2 aliphatic heterocycles. The molecule has 2 amide bonds. The molecule has 3 rings (SSSR count). The van der Waals surface area contributed by atoms with E-state index in [0.29, 0.717) is 25.4 Å². The number of hydrogen-bond acceptors (Lipinski definition) is 2. The number of carbonyl (C=O) groups excluding carboxylic acids is 2. The van der Waals surface area contributed by atoms with Crippen LogP contribution in [0.1, 0.15) is 37.7 Å². The van der Waals surface area contributed by atoms with Crippen LogP contribution in [0.5, 0.6) is 0 Å². The molecular weight excluding hydrogens is 368 g/mol. The van der Waals surface area contributed by atoms with Crippen LogP contribution in [0, 0.1) is 5.92 Å². The van der Waals surface area contributed by atoms with Crippen molar-refractivity contribution in [2.45, 2.75) is 38.5 Å². The maximum absolute atomic E-state index is 12.6. The van der Waals surface area contributed by atoms with Crippen LogP contribution in [0.15, 0.2) is 28.7 Å². The van der Waals surface area contributed by atoms with Crippen LogP contribution >= 0.6 is 15.9 Å². The van der Waals surface area contributed by atoms with Gasteiger partial charge in [-0.3, -0.25) is 9.59 Å². The first kappa shape index (κ1) is 17.5. The average molecular weight is 393 g/mol. The van der Waals surface area contributed by atoms with Gasteiger partial charge in [0.15, 0.2) is 0 Å². The van der Waals surface area contributed by atoms with Crippen molar-refractivity contribution in [3.63, 3.8) is 0 Å². The van der Waals surface area contributed by atoms with E-state index in [4.69, 9.17) is 0 Å². The van der Waals surface area contributed by atoms with Crippen LogP contribution in [-0.4, -0.2) is 47.8 Å². The smallest absolute Gasteiger partial charge is 0.226 e. The molecule has 0 radical (unpaired) electrons. The zero-order valence-electron chi connectivity index (χ0n) is 14.0. The number of hydrogen-bond donors (Lipinski definition) is 0. The van der Waals surface area contributed by atoms with E-state index in [0.717, 1.165) is 48.8 Å². The van der Waals surface area contributed by atoms with Crippen molar-refractivity contribution in [2.24, 2.45) is 5.92 Å². The van der Waals surface area contributed by atoms with E-state index in [-0.39, 0.29) is 11.8 Å². The largest absolute Gasteiger partial charge is 0.342 e. The second-order valence-corrected chi connectivity index (χ2v) is 7.76. The van der Waals surface area contributed by atoms with Crippen LogP contribution in [0.25, 0.3) is 0 Å². The Balaban J connectivity index is 1.49. The van der Waals surface area contributed by atoms with Gasteiger partial charge in [-0.05, 0) is 49.8 Å². The predicted molar refractivity (Wildman–Crippen MR) is 97.6 cm³/mol. The molecule has 4 nitrogen and oxygen atoms in total. The number of benzene rings is 1. The first-order valence-electron chi connectivity index (χ1n) is 8.94. The normalized spacial score (nSPS) is 19.4. The lowest BCUT2D eigenvalue weighted by Crippen LogP contribution is -2.46. The zero-order chi connectivity index (χ0) is 16.9. The third-order valence-electron chi connectivity index (χ3n) is 5.11. The molecule has 130 valence electrons. The van der Waals surface area contributed by atoms with Crippen molar-refractivity contribution in [2.75, 3.05) is 26.2 Å². The number of nitrogens with zero attached hydrogens (tertiary/aromatic N) is 2. The molecule has 2 saturated heterocycles. The summed E-state index contributed by atoms with van der Waals surface area (Å²) < 4.78 is 0.999. The maximum Gasteiger partial charge on any atom is 0.226 e. The van der Waals surface area contributed by atoms with Gasteiger partial charge in [-0.15, -0.1) is 0 Å². The minimum Gasteiger partial charge on any atom is -0.342 e. The Kier molecular flexibility index (Phi) is 5.93. The third kappa shape index (κ3) is 4.38. The summed E-state index contributed by atoms with van der Waals surface area (Å²) in [5.41, 5.74) is 1.03. The lowest BCUT2D eigenvalue weighted by atomic mass is 9.94. The number of piperidine rings is 2. The Morgan fingerprint density at radius 2 is 1.71 bits per heavy atom. The van der Waals surface area contributed by atoms with Crippen LogP contribution in [-0.2, 0) is 16.0 Å². The van der Waals surface area contributed by atoms with E-state index >= 15 is 0 Å². The molecular formula is C19H25BrN2O2. The van der Waals surface area contributed by atoms with Gasteiger partial charge >= 0.3 is 0 Å². The lowest BCUT2D eigenvalue weighted by Gasteiger charge is -2.35. The Labute approximate surface area is 152 Å². The summed E-state index contributed by atoms with van der Waals surface area (Å²) in [6.07, 6.45) is 5.56. The van der Waals surface area contributed by atoms with E-state index < -0.39 is 0 Å². The first-order valence-corrected chi connectivity index (χ1v) is 9.74. The van der Waals surface area contributed by atoms with Gasteiger partial charge in [-0.25, -0.2) is 0 Å². The molecule has 1 aromatic rings. The summed E-state index contributed by atoms with van der Waals surface area (Å²) in [6, 6.07) is 7.89. The van der Waals surface area contributed by atoms with Gasteiger partial charge in [-0.1, -0.05) is 28.1 Å². The quantitative estimate of drug-likeness (QED) is 0.791. The van der Waals surface area contributed by atoms with Gasteiger partial charge in [0.05, 0.1) is 6.42 Å². The molecule has 0 atom stereocenters. The summed E-state index contributed by atoms with van der Waals surface area (Å²) in [4.78, 5) is 29.0. The summed E-state index contributed by atoms with van der Waals surface area (Å²) in [5.74, 6) is 0.587. The molecule has 0 N–H and O–H groups in total. The monoisotopic (exact) mass is 392 g/mol. The number of amides is 2. The summed E-state index contributed by atoms with van der Waals surface area (Å²) in [7, 11) is 0. The predicted octanol–water partition coefficient (Wildman–Crippen LogP) is 3.24. The maximum atomic E-state index is 12.6. The molecule has 0 aliphatic carbocycles. The molecule has 0 bridgehead atoms. The minimum atomic E-state index is 0.109. The van der Waals surface area contributed by atoms with Crippen molar-refractivity contribution in [1.29, 1.82) is 0 Å². The topological polar surface area (TPSA) is 40.6 Å². The van der Waals surface area contributed by atoms with Crippen LogP contribution in [0.3, 0.4) is 0 Å². The van der Waals surface area contributed by atoms with Gasteiger partial charge in [0.2, 0.25) is 11.8 Å². The van der Waals surface area contributed by atoms with Gasteiger partial charge in [-0.2, -0.15) is 0 Å². The number of rotatable bonds is 3. The molecule has 0 saturated carbocycles.